The van der Waals surface area contributed by atoms with Crippen molar-refractivity contribution < 1.29 is 14.4 Å². The first-order valence-electron chi connectivity index (χ1n) is 23.9. The molecule has 14 nitrogen and oxygen atoms in total. The molecule has 0 bridgehead atoms. The van der Waals surface area contributed by atoms with Crippen molar-refractivity contribution in [3.05, 3.63) is 118 Å². The molecule has 0 radical (unpaired) electrons. The number of pyridine rings is 1. The average Bonchev–Trinajstić information content (AvgIpc) is 4.02. The Balaban J connectivity index is 0.648. The topological polar surface area (TPSA) is 146 Å². The summed E-state index contributed by atoms with van der Waals surface area (Å²) >= 11 is 0. The van der Waals surface area contributed by atoms with Crippen molar-refractivity contribution in [3.63, 3.8) is 0 Å². The van der Waals surface area contributed by atoms with Gasteiger partial charge in [0.15, 0.2) is 0 Å². The Morgan fingerprint density at radius 3 is 2.30 bits per heavy atom. The SMILES string of the molecule is Cn1c(CN2CCC(c3ccc(C(=O)N4CCC(CN5CCC(c6cccc7c6n(C)c(=O)n7C6CCC(=O)NC6=O)CC5)CC4)cc3)CC2)cc2c(-c3ccc4[nH]ncc4c3)ccnc21. The summed E-state index contributed by atoms with van der Waals surface area (Å²) in [6, 6.07) is 24.7. The third-order valence-electron chi connectivity index (χ3n) is 15.5. The molecule has 4 aliphatic rings. The lowest BCUT2D eigenvalue weighted by atomic mass is 9.87. The number of carbonyl (C=O) groups is 3. The van der Waals surface area contributed by atoms with Gasteiger partial charge in [-0.25, -0.2) is 9.78 Å². The summed E-state index contributed by atoms with van der Waals surface area (Å²) in [5.41, 5.74) is 10.3. The van der Waals surface area contributed by atoms with E-state index in [4.69, 9.17) is 4.98 Å². The number of aryl methyl sites for hydroxylation is 2. The van der Waals surface area contributed by atoms with Gasteiger partial charge in [-0.1, -0.05) is 30.3 Å². The van der Waals surface area contributed by atoms with E-state index in [2.05, 4.69) is 85.5 Å². The third kappa shape index (κ3) is 7.83. The van der Waals surface area contributed by atoms with Gasteiger partial charge in [-0.05, 0) is 154 Å². The van der Waals surface area contributed by atoms with E-state index in [1.54, 1.807) is 16.2 Å². The Kier molecular flexibility index (Phi) is 11.2. The molecule has 0 saturated carbocycles. The lowest BCUT2D eigenvalue weighted by Gasteiger charge is -2.38. The number of nitrogens with zero attached hydrogens (tertiary/aromatic N) is 8. The molecule has 11 rings (SSSR count). The van der Waals surface area contributed by atoms with E-state index in [1.165, 1.54) is 27.8 Å². The van der Waals surface area contributed by atoms with Crippen LogP contribution >= 0.6 is 0 Å². The summed E-state index contributed by atoms with van der Waals surface area (Å²) in [5, 5.41) is 11.9. The molecule has 4 aromatic heterocycles. The zero-order valence-corrected chi connectivity index (χ0v) is 37.9. The van der Waals surface area contributed by atoms with Crippen molar-refractivity contribution in [1.82, 2.24) is 48.9 Å². The van der Waals surface area contributed by atoms with Gasteiger partial charge in [0.05, 0.1) is 22.7 Å². The van der Waals surface area contributed by atoms with Gasteiger partial charge in [-0.15, -0.1) is 0 Å². The average molecular weight is 887 g/mol. The number of hydrogen-bond donors (Lipinski definition) is 2. The van der Waals surface area contributed by atoms with Crippen LogP contribution in [0.5, 0.6) is 0 Å². The van der Waals surface area contributed by atoms with Gasteiger partial charge < -0.3 is 14.4 Å². The van der Waals surface area contributed by atoms with E-state index in [9.17, 15) is 19.2 Å². The first-order valence-corrected chi connectivity index (χ1v) is 23.9. The van der Waals surface area contributed by atoms with Crippen LogP contribution in [0.2, 0.25) is 0 Å². The third-order valence-corrected chi connectivity index (χ3v) is 15.5. The van der Waals surface area contributed by atoms with E-state index in [0.717, 1.165) is 130 Å². The fourth-order valence-corrected chi connectivity index (χ4v) is 11.7. The number of fused-ring (bicyclic) bond motifs is 3. The van der Waals surface area contributed by atoms with Crippen LogP contribution in [0.1, 0.15) is 96.4 Å². The molecule has 2 N–H and O–H groups in total. The lowest BCUT2D eigenvalue weighted by molar-refractivity contribution is -0.135. The number of carbonyl (C=O) groups excluding carboxylic acids is 3. The number of imidazole rings is 1. The van der Waals surface area contributed by atoms with Crippen molar-refractivity contribution in [2.75, 3.05) is 45.8 Å². The molecule has 4 aliphatic heterocycles. The number of imide groups is 1. The Hall–Kier alpha value is -6.38. The van der Waals surface area contributed by atoms with E-state index in [-0.39, 0.29) is 23.9 Å². The van der Waals surface area contributed by atoms with E-state index in [1.807, 2.05) is 41.6 Å². The first-order chi connectivity index (χ1) is 32.2. The number of benzene rings is 3. The van der Waals surface area contributed by atoms with Crippen LogP contribution in [0.3, 0.4) is 0 Å². The molecule has 7 aromatic rings. The second-order valence-electron chi connectivity index (χ2n) is 19.3. The Morgan fingerprint density at radius 2 is 1.53 bits per heavy atom. The predicted octanol–water partition coefficient (Wildman–Crippen LogP) is 6.86. The Labute approximate surface area is 383 Å². The summed E-state index contributed by atoms with van der Waals surface area (Å²) < 4.78 is 5.51. The first kappa shape index (κ1) is 42.3. The van der Waals surface area contributed by atoms with Crippen molar-refractivity contribution in [3.8, 4) is 11.1 Å². The molecular formula is C52H58N10O4. The summed E-state index contributed by atoms with van der Waals surface area (Å²) in [5.74, 6) is 0.805. The fraction of sp³-hybridized carbons (Fsp3) is 0.423. The van der Waals surface area contributed by atoms with Crippen molar-refractivity contribution in [1.29, 1.82) is 0 Å². The molecule has 340 valence electrons. The van der Waals surface area contributed by atoms with Gasteiger partial charge in [0.25, 0.3) is 5.91 Å². The molecule has 0 aliphatic carbocycles. The van der Waals surface area contributed by atoms with Crippen LogP contribution in [-0.4, -0.2) is 107 Å². The van der Waals surface area contributed by atoms with Crippen LogP contribution in [-0.2, 0) is 30.2 Å². The van der Waals surface area contributed by atoms with Gasteiger partial charge in [0.1, 0.15) is 11.7 Å². The highest BCUT2D eigenvalue weighted by atomic mass is 16.2. The second-order valence-corrected chi connectivity index (χ2v) is 19.3. The molecule has 14 heteroatoms. The van der Waals surface area contributed by atoms with Gasteiger partial charge in [-0.3, -0.25) is 38.8 Å². The number of aromatic amines is 1. The van der Waals surface area contributed by atoms with Gasteiger partial charge in [0.2, 0.25) is 11.8 Å². The zero-order valence-electron chi connectivity index (χ0n) is 37.9. The van der Waals surface area contributed by atoms with E-state index < -0.39 is 11.9 Å². The molecule has 4 fully saturated rings. The summed E-state index contributed by atoms with van der Waals surface area (Å²) in [6.45, 7) is 7.53. The molecule has 0 spiro atoms. The number of hydrogen-bond acceptors (Lipinski definition) is 8. The molecule has 8 heterocycles. The number of H-pyrrole nitrogens is 1. The van der Waals surface area contributed by atoms with Crippen LogP contribution in [0.4, 0.5) is 0 Å². The van der Waals surface area contributed by atoms with Crippen LogP contribution in [0, 0.1) is 5.92 Å². The number of amides is 3. The highest BCUT2D eigenvalue weighted by molar-refractivity contribution is 6.00. The number of para-hydroxylation sites is 1. The molecule has 4 saturated heterocycles. The van der Waals surface area contributed by atoms with E-state index in [0.29, 0.717) is 24.2 Å². The Morgan fingerprint density at radius 1 is 0.773 bits per heavy atom. The molecule has 1 unspecified atom stereocenters. The zero-order chi connectivity index (χ0) is 45.1. The number of nitrogens with one attached hydrogen (secondary N) is 2. The standard InChI is InChI=1S/C52H58N10O4/c1-57-40(29-43-41(14-21-53-49(43)57)38-10-11-44-39(28-38)30-54-56-44)32-60-22-17-35(18-23-60)34-6-8-37(9-7-34)51(65)61-26-15-33(16-27-61)31-59-24-19-36(20-25-59)42-4-3-5-45-48(42)58(2)52(66)62(45)46-12-13-47(63)55-50(46)64/h3-11,14,21,28-30,33,35-36,46H,12-13,15-20,22-27,31-32H2,1-2H3,(H,54,56)(H,55,63,64). The largest absolute Gasteiger partial charge is 0.339 e. The smallest absolute Gasteiger partial charge is 0.329 e. The Bertz CT molecular complexity index is 3030. The van der Waals surface area contributed by atoms with Gasteiger partial charge >= 0.3 is 5.69 Å². The maximum Gasteiger partial charge on any atom is 0.329 e. The minimum atomic E-state index is -0.683. The quantitative estimate of drug-likeness (QED) is 0.150. The molecular weight excluding hydrogens is 829 g/mol. The van der Waals surface area contributed by atoms with Gasteiger partial charge in [0, 0.05) is 74.9 Å². The molecule has 66 heavy (non-hydrogen) atoms. The highest BCUT2D eigenvalue weighted by Gasteiger charge is 2.34. The monoisotopic (exact) mass is 886 g/mol. The van der Waals surface area contributed by atoms with Crippen molar-refractivity contribution in [2.24, 2.45) is 20.0 Å². The number of piperidine rings is 4. The van der Waals surface area contributed by atoms with Gasteiger partial charge in [-0.2, -0.15) is 5.10 Å². The molecule has 3 aromatic carbocycles. The lowest BCUT2D eigenvalue weighted by Crippen LogP contribution is -2.44. The molecule has 3 amide bonds. The highest BCUT2D eigenvalue weighted by Crippen LogP contribution is 2.36. The summed E-state index contributed by atoms with van der Waals surface area (Å²) in [4.78, 5) is 63.7. The van der Waals surface area contributed by atoms with Crippen LogP contribution < -0.4 is 11.0 Å². The number of likely N-dealkylation sites (tertiary alicyclic amines) is 3. The summed E-state index contributed by atoms with van der Waals surface area (Å²) in [7, 11) is 3.91. The number of aromatic nitrogens is 6. The van der Waals surface area contributed by atoms with Crippen molar-refractivity contribution in [2.45, 2.75) is 75.8 Å². The van der Waals surface area contributed by atoms with E-state index >= 15 is 0 Å². The van der Waals surface area contributed by atoms with Crippen molar-refractivity contribution >= 4 is 50.7 Å². The minimum Gasteiger partial charge on any atom is -0.339 e. The second kappa shape index (κ2) is 17.4. The van der Waals surface area contributed by atoms with Crippen LogP contribution in [0.25, 0.3) is 44.1 Å². The molecule has 1 atom stereocenters. The fourth-order valence-electron chi connectivity index (χ4n) is 11.7. The minimum absolute atomic E-state index is 0.139. The predicted molar refractivity (Wildman–Crippen MR) is 255 cm³/mol. The maximum absolute atomic E-state index is 13.7. The summed E-state index contributed by atoms with van der Waals surface area (Å²) in [6.07, 6.45) is 10.5. The number of rotatable bonds is 9. The maximum atomic E-state index is 13.7. The normalized spacial score (nSPS) is 20.0. The van der Waals surface area contributed by atoms with Crippen LogP contribution in [0.15, 0.2) is 90.0 Å².